The molecule has 0 atom stereocenters. The first kappa shape index (κ1) is 12.9. The molecular weight excluding hydrogens is 256 g/mol. The van der Waals surface area contributed by atoms with Gasteiger partial charge in [0.1, 0.15) is 5.69 Å². The number of aromatic amines is 1. The van der Waals surface area contributed by atoms with Crippen LogP contribution in [0.1, 0.15) is 36.2 Å². The molecule has 0 saturated heterocycles. The average Bonchev–Trinajstić information content (AvgIpc) is 2.98. The van der Waals surface area contributed by atoms with Crippen molar-refractivity contribution in [1.82, 2.24) is 10.5 Å². The lowest BCUT2D eigenvalue weighted by molar-refractivity contribution is -0.0127. The van der Waals surface area contributed by atoms with Crippen LogP contribution in [-0.2, 0) is 4.84 Å². The first-order valence-electron chi connectivity index (χ1n) is 6.82. The van der Waals surface area contributed by atoms with Crippen LogP contribution in [0.15, 0.2) is 35.1 Å². The van der Waals surface area contributed by atoms with Gasteiger partial charge < -0.3 is 4.98 Å². The van der Waals surface area contributed by atoms with Crippen molar-refractivity contribution in [2.24, 2.45) is 0 Å². The van der Waals surface area contributed by atoms with Gasteiger partial charge in [0.2, 0.25) is 0 Å². The molecule has 0 spiro atoms. The van der Waals surface area contributed by atoms with Crippen LogP contribution in [0.2, 0.25) is 0 Å². The van der Waals surface area contributed by atoms with Crippen molar-refractivity contribution < 1.29 is 9.63 Å². The second-order valence-corrected chi connectivity index (χ2v) is 5.05. The molecular formula is C15H16N2O3. The van der Waals surface area contributed by atoms with E-state index in [0.717, 1.165) is 31.1 Å². The Morgan fingerprint density at radius 2 is 2.00 bits per heavy atom. The Morgan fingerprint density at radius 1 is 1.25 bits per heavy atom. The van der Waals surface area contributed by atoms with Gasteiger partial charge in [0.05, 0.1) is 6.10 Å². The van der Waals surface area contributed by atoms with Gasteiger partial charge in [0.25, 0.3) is 11.5 Å². The van der Waals surface area contributed by atoms with E-state index in [1.165, 1.54) is 0 Å². The molecule has 0 bridgehead atoms. The number of carbonyl (C=O) groups excluding carboxylic acids is 1. The highest BCUT2D eigenvalue weighted by Gasteiger charge is 2.17. The molecule has 1 amide bonds. The van der Waals surface area contributed by atoms with Crippen molar-refractivity contribution in [3.05, 3.63) is 46.4 Å². The summed E-state index contributed by atoms with van der Waals surface area (Å²) in [6, 6.07) is 8.81. The first-order valence-corrected chi connectivity index (χ1v) is 6.82. The summed E-state index contributed by atoms with van der Waals surface area (Å²) < 4.78 is 0. The topological polar surface area (TPSA) is 71.2 Å². The standard InChI is InChI=1S/C15H16N2O3/c18-14-12-8-4-1-5-10(12)9-13(16-14)15(19)17-20-11-6-2-3-7-11/h1,4-5,8-9,11H,2-3,6-7H2,(H,16,18)(H,17,19). The second kappa shape index (κ2) is 5.46. The van der Waals surface area contributed by atoms with Crippen LogP contribution in [-0.4, -0.2) is 17.0 Å². The molecule has 1 aromatic heterocycles. The number of carbonyl (C=O) groups is 1. The fraction of sp³-hybridized carbons (Fsp3) is 0.333. The van der Waals surface area contributed by atoms with E-state index < -0.39 is 5.91 Å². The maximum Gasteiger partial charge on any atom is 0.291 e. The Morgan fingerprint density at radius 3 is 2.80 bits per heavy atom. The Labute approximate surface area is 115 Å². The number of H-pyrrole nitrogens is 1. The van der Waals surface area contributed by atoms with Gasteiger partial charge in [-0.05, 0) is 30.4 Å². The van der Waals surface area contributed by atoms with E-state index in [1.807, 2.05) is 6.07 Å². The maximum absolute atomic E-state index is 12.0. The number of hydrogen-bond donors (Lipinski definition) is 2. The molecule has 3 rings (SSSR count). The third-order valence-corrected chi connectivity index (χ3v) is 3.62. The summed E-state index contributed by atoms with van der Waals surface area (Å²) >= 11 is 0. The summed E-state index contributed by atoms with van der Waals surface area (Å²) in [6.45, 7) is 0. The Bertz CT molecular complexity index is 687. The lowest BCUT2D eigenvalue weighted by atomic mass is 10.1. The van der Waals surface area contributed by atoms with Gasteiger partial charge in [0.15, 0.2) is 0 Å². The minimum atomic E-state index is -0.417. The van der Waals surface area contributed by atoms with Gasteiger partial charge in [-0.2, -0.15) is 0 Å². The SMILES string of the molecule is O=C(NOC1CCCC1)c1cc2ccccc2c(=O)[nH]1. The van der Waals surface area contributed by atoms with E-state index in [9.17, 15) is 9.59 Å². The number of nitrogens with one attached hydrogen (secondary N) is 2. The average molecular weight is 272 g/mol. The quantitative estimate of drug-likeness (QED) is 0.841. The van der Waals surface area contributed by atoms with Crippen molar-refractivity contribution in [2.75, 3.05) is 0 Å². The minimum absolute atomic E-state index is 0.0890. The molecule has 2 aromatic rings. The molecule has 104 valence electrons. The summed E-state index contributed by atoms with van der Waals surface area (Å²) in [5.41, 5.74) is 2.37. The number of fused-ring (bicyclic) bond motifs is 1. The number of pyridine rings is 1. The molecule has 1 aliphatic carbocycles. The zero-order chi connectivity index (χ0) is 13.9. The first-order chi connectivity index (χ1) is 9.74. The Balaban J connectivity index is 1.79. The van der Waals surface area contributed by atoms with Crippen molar-refractivity contribution in [1.29, 1.82) is 0 Å². The smallest absolute Gasteiger partial charge is 0.291 e. The molecule has 1 saturated carbocycles. The number of hydroxylamine groups is 1. The molecule has 5 heteroatoms. The summed E-state index contributed by atoms with van der Waals surface area (Å²) in [5, 5.41) is 1.31. The maximum atomic E-state index is 12.0. The molecule has 0 aliphatic heterocycles. The van der Waals surface area contributed by atoms with E-state index >= 15 is 0 Å². The molecule has 2 N–H and O–H groups in total. The van der Waals surface area contributed by atoms with E-state index in [4.69, 9.17) is 4.84 Å². The monoisotopic (exact) mass is 272 g/mol. The van der Waals surface area contributed by atoms with Crippen molar-refractivity contribution in [3.63, 3.8) is 0 Å². The fourth-order valence-corrected chi connectivity index (χ4v) is 2.53. The normalized spacial score (nSPS) is 15.6. The summed E-state index contributed by atoms with van der Waals surface area (Å²) in [4.78, 5) is 31.8. The van der Waals surface area contributed by atoms with Crippen molar-refractivity contribution >= 4 is 16.7 Å². The van der Waals surface area contributed by atoms with Crippen LogP contribution in [0.4, 0.5) is 0 Å². The highest BCUT2D eigenvalue weighted by molar-refractivity contribution is 5.95. The molecule has 1 fully saturated rings. The molecule has 1 heterocycles. The fourth-order valence-electron chi connectivity index (χ4n) is 2.53. The predicted molar refractivity (Wildman–Crippen MR) is 75.4 cm³/mol. The van der Waals surface area contributed by atoms with Crippen LogP contribution < -0.4 is 11.0 Å². The van der Waals surface area contributed by atoms with Crippen LogP contribution in [0, 0.1) is 0 Å². The molecule has 20 heavy (non-hydrogen) atoms. The molecule has 0 unspecified atom stereocenters. The number of benzene rings is 1. The molecule has 0 radical (unpaired) electrons. The molecule has 5 nitrogen and oxygen atoms in total. The molecule has 1 aliphatic rings. The van der Waals surface area contributed by atoms with Crippen molar-refractivity contribution in [2.45, 2.75) is 31.8 Å². The number of rotatable bonds is 3. The van der Waals surface area contributed by atoms with Gasteiger partial charge in [0, 0.05) is 5.39 Å². The Hall–Kier alpha value is -2.14. The van der Waals surface area contributed by atoms with Crippen LogP contribution in [0.3, 0.4) is 0 Å². The van der Waals surface area contributed by atoms with E-state index in [1.54, 1.807) is 24.3 Å². The highest BCUT2D eigenvalue weighted by Crippen LogP contribution is 2.20. The summed E-state index contributed by atoms with van der Waals surface area (Å²) in [6.07, 6.45) is 4.29. The number of aromatic nitrogens is 1. The zero-order valence-corrected chi connectivity index (χ0v) is 11.0. The third-order valence-electron chi connectivity index (χ3n) is 3.62. The van der Waals surface area contributed by atoms with Crippen LogP contribution in [0.25, 0.3) is 10.8 Å². The number of amides is 1. The van der Waals surface area contributed by atoms with Gasteiger partial charge >= 0.3 is 0 Å². The van der Waals surface area contributed by atoms with Gasteiger partial charge in [-0.25, -0.2) is 5.48 Å². The van der Waals surface area contributed by atoms with E-state index in [2.05, 4.69) is 10.5 Å². The minimum Gasteiger partial charge on any atom is -0.317 e. The largest absolute Gasteiger partial charge is 0.317 e. The lowest BCUT2D eigenvalue weighted by Crippen LogP contribution is -2.30. The summed E-state index contributed by atoms with van der Waals surface area (Å²) in [5.74, 6) is -0.417. The van der Waals surface area contributed by atoms with Gasteiger partial charge in [-0.1, -0.05) is 31.0 Å². The Kier molecular flexibility index (Phi) is 3.52. The van der Waals surface area contributed by atoms with Crippen LogP contribution >= 0.6 is 0 Å². The second-order valence-electron chi connectivity index (χ2n) is 5.05. The molecule has 1 aromatic carbocycles. The third kappa shape index (κ3) is 2.58. The van der Waals surface area contributed by atoms with E-state index in [-0.39, 0.29) is 17.4 Å². The lowest BCUT2D eigenvalue weighted by Gasteiger charge is -2.11. The van der Waals surface area contributed by atoms with Crippen molar-refractivity contribution in [3.8, 4) is 0 Å². The van der Waals surface area contributed by atoms with Gasteiger partial charge in [-0.15, -0.1) is 0 Å². The van der Waals surface area contributed by atoms with E-state index in [0.29, 0.717) is 5.39 Å². The zero-order valence-electron chi connectivity index (χ0n) is 11.0. The summed E-state index contributed by atoms with van der Waals surface area (Å²) in [7, 11) is 0. The van der Waals surface area contributed by atoms with Crippen LogP contribution in [0.5, 0.6) is 0 Å². The predicted octanol–water partition coefficient (Wildman–Crippen LogP) is 2.13. The number of hydrogen-bond acceptors (Lipinski definition) is 3. The van der Waals surface area contributed by atoms with Gasteiger partial charge in [-0.3, -0.25) is 14.4 Å². The highest BCUT2D eigenvalue weighted by atomic mass is 16.7.